The average Bonchev–Trinajstić information content (AvgIpc) is 2.71. The predicted molar refractivity (Wildman–Crippen MR) is 121 cm³/mol. The summed E-state index contributed by atoms with van der Waals surface area (Å²) in [6, 6.07) is 19.5. The number of urea groups is 1. The van der Waals surface area contributed by atoms with Gasteiger partial charge in [-0.2, -0.15) is 5.10 Å². The molecule has 0 aromatic heterocycles. The summed E-state index contributed by atoms with van der Waals surface area (Å²) >= 11 is 0. The van der Waals surface area contributed by atoms with Crippen molar-refractivity contribution in [1.82, 2.24) is 5.43 Å². The number of carbonyl (C=O) groups is 2. The van der Waals surface area contributed by atoms with Crippen LogP contribution in [0.25, 0.3) is 0 Å². The van der Waals surface area contributed by atoms with Crippen LogP contribution in [0.1, 0.15) is 32.6 Å². The smallest absolute Gasteiger partial charge is 0.308 e. The number of amides is 3. The van der Waals surface area contributed by atoms with Gasteiger partial charge in [0.05, 0.1) is 6.21 Å². The lowest BCUT2D eigenvalue weighted by molar-refractivity contribution is 0.0955. The number of hydrogen-bond donors (Lipinski definition) is 3. The Hall–Kier alpha value is -3.93. The third kappa shape index (κ3) is 5.54. The fraction of sp³-hybridized carbons (Fsp3) is 0.125. The van der Waals surface area contributed by atoms with Gasteiger partial charge in [-0.1, -0.05) is 35.9 Å². The highest BCUT2D eigenvalue weighted by Crippen LogP contribution is 2.14. The number of rotatable bonds is 5. The summed E-state index contributed by atoms with van der Waals surface area (Å²) in [5, 5.41) is 9.54. The van der Waals surface area contributed by atoms with Crippen LogP contribution in [-0.2, 0) is 0 Å². The fourth-order valence-corrected chi connectivity index (χ4v) is 3.13. The lowest BCUT2D eigenvalue weighted by Crippen LogP contribution is -2.20. The van der Waals surface area contributed by atoms with Crippen molar-refractivity contribution in [2.45, 2.75) is 20.8 Å². The van der Waals surface area contributed by atoms with E-state index in [1.165, 1.54) is 5.56 Å². The Labute approximate surface area is 176 Å². The van der Waals surface area contributed by atoms with Crippen LogP contribution in [0.15, 0.2) is 71.8 Å². The minimum absolute atomic E-state index is 0.325. The lowest BCUT2D eigenvalue weighted by Gasteiger charge is -2.08. The van der Waals surface area contributed by atoms with E-state index in [1.54, 1.807) is 42.6 Å². The van der Waals surface area contributed by atoms with Crippen molar-refractivity contribution >= 4 is 29.5 Å². The molecule has 0 spiro atoms. The summed E-state index contributed by atoms with van der Waals surface area (Å²) in [7, 11) is 0. The molecule has 0 aliphatic rings. The Morgan fingerprint density at radius 3 is 1.97 bits per heavy atom. The van der Waals surface area contributed by atoms with Gasteiger partial charge >= 0.3 is 6.03 Å². The zero-order valence-corrected chi connectivity index (χ0v) is 17.2. The van der Waals surface area contributed by atoms with Gasteiger partial charge in [0.1, 0.15) is 0 Å². The van der Waals surface area contributed by atoms with E-state index in [1.807, 2.05) is 39.0 Å². The minimum atomic E-state index is -0.355. The van der Waals surface area contributed by atoms with E-state index in [0.717, 1.165) is 16.7 Å². The van der Waals surface area contributed by atoms with E-state index in [0.29, 0.717) is 16.9 Å². The number of benzene rings is 3. The average molecular weight is 400 g/mol. The molecular formula is C24H24N4O2. The first kappa shape index (κ1) is 20.8. The summed E-state index contributed by atoms with van der Waals surface area (Å²) in [6.45, 7) is 6.08. The first-order valence-electron chi connectivity index (χ1n) is 9.57. The van der Waals surface area contributed by atoms with Gasteiger partial charge < -0.3 is 10.6 Å². The van der Waals surface area contributed by atoms with E-state index < -0.39 is 0 Å². The van der Waals surface area contributed by atoms with Crippen molar-refractivity contribution in [3.8, 4) is 0 Å². The number of nitrogens with zero attached hydrogens (tertiary/aromatic N) is 1. The SMILES string of the molecule is Cc1cc(C)c(C=NNC(=O)c2ccc(NC(=O)Nc3ccccc3)cc2)c(C)c1. The van der Waals surface area contributed by atoms with Gasteiger partial charge in [-0.05, 0) is 68.3 Å². The highest BCUT2D eigenvalue weighted by molar-refractivity contribution is 6.00. The first-order chi connectivity index (χ1) is 14.4. The topological polar surface area (TPSA) is 82.6 Å². The van der Waals surface area contributed by atoms with Crippen LogP contribution >= 0.6 is 0 Å². The van der Waals surface area contributed by atoms with Crippen molar-refractivity contribution in [2.24, 2.45) is 5.10 Å². The molecule has 152 valence electrons. The molecule has 0 bridgehead atoms. The molecule has 3 amide bonds. The van der Waals surface area contributed by atoms with Gasteiger partial charge in [-0.15, -0.1) is 0 Å². The maximum absolute atomic E-state index is 12.3. The van der Waals surface area contributed by atoms with Gasteiger partial charge in [0.25, 0.3) is 5.91 Å². The third-order valence-electron chi connectivity index (χ3n) is 4.53. The first-order valence-corrected chi connectivity index (χ1v) is 9.57. The monoisotopic (exact) mass is 400 g/mol. The highest BCUT2D eigenvalue weighted by Gasteiger charge is 2.07. The van der Waals surface area contributed by atoms with E-state index >= 15 is 0 Å². The molecule has 0 saturated heterocycles. The number of aryl methyl sites for hydroxylation is 3. The molecule has 0 unspecified atom stereocenters. The molecule has 3 rings (SSSR count). The van der Waals surface area contributed by atoms with Crippen LogP contribution in [0.4, 0.5) is 16.2 Å². The normalized spacial score (nSPS) is 10.6. The molecule has 0 radical (unpaired) electrons. The molecule has 6 nitrogen and oxygen atoms in total. The number of carbonyl (C=O) groups excluding carboxylic acids is 2. The number of hydrogen-bond acceptors (Lipinski definition) is 3. The van der Waals surface area contributed by atoms with Crippen molar-refractivity contribution in [1.29, 1.82) is 0 Å². The van der Waals surface area contributed by atoms with Crippen molar-refractivity contribution in [2.75, 3.05) is 10.6 Å². The Bertz CT molecular complexity index is 1050. The fourth-order valence-electron chi connectivity index (χ4n) is 3.13. The van der Waals surface area contributed by atoms with Crippen LogP contribution < -0.4 is 16.1 Å². The molecule has 0 aliphatic carbocycles. The second-order valence-corrected chi connectivity index (χ2v) is 7.03. The molecule has 0 heterocycles. The molecule has 0 fully saturated rings. The maximum atomic E-state index is 12.3. The van der Waals surface area contributed by atoms with E-state index in [9.17, 15) is 9.59 Å². The summed E-state index contributed by atoms with van der Waals surface area (Å²) in [6.07, 6.45) is 1.66. The van der Waals surface area contributed by atoms with Crippen LogP contribution in [0.2, 0.25) is 0 Å². The molecule has 0 saturated carbocycles. The molecule has 0 aliphatic heterocycles. The lowest BCUT2D eigenvalue weighted by atomic mass is 10.0. The van der Waals surface area contributed by atoms with Crippen LogP contribution in [0.3, 0.4) is 0 Å². The number of anilines is 2. The summed E-state index contributed by atoms with van der Waals surface area (Å²) in [4.78, 5) is 24.3. The summed E-state index contributed by atoms with van der Waals surface area (Å²) in [5.41, 5.74) is 8.65. The van der Waals surface area contributed by atoms with E-state index in [2.05, 4.69) is 33.3 Å². The molecule has 30 heavy (non-hydrogen) atoms. The number of hydrazone groups is 1. The quantitative estimate of drug-likeness (QED) is 0.415. The van der Waals surface area contributed by atoms with Gasteiger partial charge in [-0.25, -0.2) is 10.2 Å². The molecule has 3 aromatic carbocycles. The molecule has 6 heteroatoms. The number of nitrogens with one attached hydrogen (secondary N) is 3. The highest BCUT2D eigenvalue weighted by atomic mass is 16.2. The summed E-state index contributed by atoms with van der Waals surface area (Å²) in [5.74, 6) is -0.325. The zero-order valence-electron chi connectivity index (χ0n) is 17.2. The molecular weight excluding hydrogens is 376 g/mol. The van der Waals surface area contributed by atoms with Crippen molar-refractivity contribution < 1.29 is 9.59 Å². The van der Waals surface area contributed by atoms with E-state index in [4.69, 9.17) is 0 Å². The Balaban J connectivity index is 1.57. The Morgan fingerprint density at radius 1 is 0.800 bits per heavy atom. The molecule has 0 atom stereocenters. The largest absolute Gasteiger partial charge is 0.323 e. The minimum Gasteiger partial charge on any atom is -0.308 e. The van der Waals surface area contributed by atoms with Crippen LogP contribution in [0.5, 0.6) is 0 Å². The molecule has 3 aromatic rings. The van der Waals surface area contributed by atoms with Crippen molar-refractivity contribution in [3.05, 3.63) is 94.5 Å². The van der Waals surface area contributed by atoms with Gasteiger partial charge in [0.15, 0.2) is 0 Å². The number of para-hydroxylation sites is 1. The second-order valence-electron chi connectivity index (χ2n) is 7.03. The van der Waals surface area contributed by atoms with Crippen molar-refractivity contribution in [3.63, 3.8) is 0 Å². The maximum Gasteiger partial charge on any atom is 0.323 e. The second kappa shape index (κ2) is 9.52. The predicted octanol–water partition coefficient (Wildman–Crippen LogP) is 5.02. The zero-order chi connectivity index (χ0) is 21.5. The standard InChI is InChI=1S/C24H24N4O2/c1-16-13-17(2)22(18(3)14-16)15-25-28-23(29)19-9-11-21(12-10-19)27-24(30)26-20-7-5-4-6-8-20/h4-15H,1-3H3,(H,28,29)(H2,26,27,30). The Morgan fingerprint density at radius 2 is 1.37 bits per heavy atom. The third-order valence-corrected chi connectivity index (χ3v) is 4.53. The Kier molecular flexibility index (Phi) is 6.60. The van der Waals surface area contributed by atoms with Gasteiger partial charge in [0.2, 0.25) is 0 Å². The molecule has 3 N–H and O–H groups in total. The van der Waals surface area contributed by atoms with Crippen LogP contribution in [0, 0.1) is 20.8 Å². The summed E-state index contributed by atoms with van der Waals surface area (Å²) < 4.78 is 0. The van der Waals surface area contributed by atoms with E-state index in [-0.39, 0.29) is 11.9 Å². The van der Waals surface area contributed by atoms with Gasteiger partial charge in [0, 0.05) is 22.5 Å². The van der Waals surface area contributed by atoms with Crippen LogP contribution in [-0.4, -0.2) is 18.2 Å². The van der Waals surface area contributed by atoms with Gasteiger partial charge in [-0.3, -0.25) is 4.79 Å².